The Morgan fingerprint density at radius 1 is 0.962 bits per heavy atom. The van der Waals surface area contributed by atoms with Crippen molar-refractivity contribution in [2.45, 2.75) is 31.7 Å². The van der Waals surface area contributed by atoms with Gasteiger partial charge in [-0.1, -0.05) is 18.2 Å². The number of carbonyl (C=O) groups excluding carboxylic acids is 6. The van der Waals surface area contributed by atoms with Gasteiger partial charge in [0.15, 0.2) is 0 Å². The van der Waals surface area contributed by atoms with Gasteiger partial charge in [0, 0.05) is 49.4 Å². The number of para-hydroxylation sites is 2. The van der Waals surface area contributed by atoms with Gasteiger partial charge in [0.05, 0.1) is 52.1 Å². The topological polar surface area (TPSA) is 198 Å². The van der Waals surface area contributed by atoms with Crippen molar-refractivity contribution in [1.29, 1.82) is 0 Å². The highest BCUT2D eigenvalue weighted by Gasteiger charge is 2.45. The van der Waals surface area contributed by atoms with Gasteiger partial charge in [-0.05, 0) is 66.9 Å². The van der Waals surface area contributed by atoms with Gasteiger partial charge in [-0.15, -0.1) is 0 Å². The molecule has 0 aromatic heterocycles. The van der Waals surface area contributed by atoms with E-state index in [4.69, 9.17) is 4.74 Å². The Labute approximate surface area is 305 Å². The minimum absolute atomic E-state index is 0.0140. The minimum atomic E-state index is -2.76. The highest BCUT2D eigenvalue weighted by atomic mass is 32.2. The molecule has 3 aliphatic heterocycles. The van der Waals surface area contributed by atoms with Crippen LogP contribution in [0.1, 0.15) is 55.9 Å². The van der Waals surface area contributed by atoms with E-state index < -0.39 is 40.9 Å². The van der Waals surface area contributed by atoms with E-state index in [9.17, 15) is 37.5 Å². The van der Waals surface area contributed by atoms with Crippen molar-refractivity contribution in [3.63, 3.8) is 0 Å². The molecule has 0 radical (unpaired) electrons. The van der Waals surface area contributed by atoms with Crippen LogP contribution in [0.15, 0.2) is 66.7 Å². The lowest BCUT2D eigenvalue weighted by Gasteiger charge is -2.29. The molecule has 3 N–H and O–H groups in total. The van der Waals surface area contributed by atoms with Crippen LogP contribution in [-0.2, 0) is 32.1 Å². The number of hydrogen-bond donors (Lipinski definition) is 3. The Hall–Kier alpha value is -6.13. The summed E-state index contributed by atoms with van der Waals surface area (Å²) in [5.74, 6) is -2.61. The first-order valence-electron chi connectivity index (χ1n) is 16.8. The molecule has 2 unspecified atom stereocenters. The third-order valence-electron chi connectivity index (χ3n) is 9.57. The number of anilines is 4. The number of nitrogens with zero attached hydrogens (tertiary/aromatic N) is 3. The van der Waals surface area contributed by atoms with E-state index in [1.165, 1.54) is 18.1 Å². The van der Waals surface area contributed by atoms with Crippen LogP contribution in [0.5, 0.6) is 5.75 Å². The van der Waals surface area contributed by atoms with Gasteiger partial charge in [0.2, 0.25) is 17.7 Å². The van der Waals surface area contributed by atoms with E-state index in [2.05, 4.69) is 16.0 Å². The summed E-state index contributed by atoms with van der Waals surface area (Å²) in [5, 5.41) is 9.21. The van der Waals surface area contributed by atoms with Crippen LogP contribution in [0, 0.1) is 0 Å². The van der Waals surface area contributed by atoms with E-state index in [-0.39, 0.29) is 61.7 Å². The SMILES string of the molecule is COc1ccccc1N(c1ccc2c3c(cc(CCC(=O)NCCNc4cccc5c4C(=O)N(C4CCC(=O)NC4=O)C5=O)cc13)C(=O)N2C)S(=O)[O-]. The molecule has 53 heavy (non-hydrogen) atoms. The van der Waals surface area contributed by atoms with Gasteiger partial charge in [-0.25, -0.2) is 0 Å². The first-order chi connectivity index (χ1) is 25.5. The number of fused-ring (bicyclic) bond motifs is 1. The van der Waals surface area contributed by atoms with Crippen LogP contribution in [-0.4, -0.2) is 82.4 Å². The number of methoxy groups -OCH3 is 1. The number of piperidine rings is 1. The van der Waals surface area contributed by atoms with E-state index in [1.807, 2.05) is 0 Å². The molecule has 0 spiro atoms. The van der Waals surface area contributed by atoms with Gasteiger partial charge in [0.1, 0.15) is 11.8 Å². The van der Waals surface area contributed by atoms with Crippen LogP contribution in [0.4, 0.5) is 22.7 Å². The second-order valence-electron chi connectivity index (χ2n) is 12.7. The van der Waals surface area contributed by atoms with E-state index >= 15 is 0 Å². The number of amides is 6. The summed E-state index contributed by atoms with van der Waals surface area (Å²) in [7, 11) is 3.09. The van der Waals surface area contributed by atoms with Crippen molar-refractivity contribution in [1.82, 2.24) is 15.5 Å². The molecule has 7 rings (SSSR count). The number of ether oxygens (including phenoxy) is 1. The first kappa shape index (κ1) is 35.3. The molecule has 0 bridgehead atoms. The number of hydrogen-bond acceptors (Lipinski definition) is 10. The van der Waals surface area contributed by atoms with E-state index in [1.54, 1.807) is 67.7 Å². The highest BCUT2D eigenvalue weighted by Crippen LogP contribution is 2.45. The number of aryl methyl sites for hydroxylation is 1. The molecule has 4 aromatic rings. The zero-order valence-corrected chi connectivity index (χ0v) is 29.4. The lowest BCUT2D eigenvalue weighted by atomic mass is 9.97. The third kappa shape index (κ3) is 6.25. The van der Waals surface area contributed by atoms with Crippen LogP contribution in [0.3, 0.4) is 0 Å². The molecule has 16 heteroatoms. The predicted octanol–water partition coefficient (Wildman–Crippen LogP) is 2.93. The monoisotopic (exact) mass is 737 g/mol. The van der Waals surface area contributed by atoms with Crippen molar-refractivity contribution in [3.05, 3.63) is 89.0 Å². The predicted molar refractivity (Wildman–Crippen MR) is 194 cm³/mol. The molecule has 4 aromatic carbocycles. The molecular formula is C37H33N6O9S-. The standard InChI is InChI=1S/C37H34N6O9S/c1-41-27-12-11-25(43(53(50)51)26-8-3-4-9-29(26)52-2)22-18-20(19-23(32(22)27)35(41)47)10-14-30(44)39-17-16-38-24-7-5-6-21-33(24)37(49)42(36(21)48)28-13-15-31(45)40-34(28)46/h3-9,11-12,18-19,28,38H,10,13-17H2,1-2H3,(H,39,44)(H,50,51)(H,40,45,46)/p-1. The smallest absolute Gasteiger partial charge is 0.264 e. The van der Waals surface area contributed by atoms with Crippen molar-refractivity contribution >= 4 is 80.2 Å². The maximum atomic E-state index is 13.3. The Balaban J connectivity index is 1.03. The van der Waals surface area contributed by atoms with Crippen LogP contribution < -0.4 is 29.9 Å². The Morgan fingerprint density at radius 2 is 1.75 bits per heavy atom. The van der Waals surface area contributed by atoms with Gasteiger partial charge in [0.25, 0.3) is 17.7 Å². The fourth-order valence-corrected chi connectivity index (χ4v) is 7.70. The third-order valence-corrected chi connectivity index (χ3v) is 10.3. The van der Waals surface area contributed by atoms with Gasteiger partial charge < -0.3 is 24.8 Å². The van der Waals surface area contributed by atoms with Crippen molar-refractivity contribution in [2.24, 2.45) is 0 Å². The molecule has 1 saturated heterocycles. The second-order valence-corrected chi connectivity index (χ2v) is 13.5. The van der Waals surface area contributed by atoms with Crippen LogP contribution >= 0.6 is 0 Å². The molecule has 3 aliphatic rings. The molecule has 0 saturated carbocycles. The normalized spacial score (nSPS) is 16.9. The second kappa shape index (κ2) is 14.1. The van der Waals surface area contributed by atoms with E-state index in [0.717, 1.165) is 9.21 Å². The number of rotatable bonds is 12. The quantitative estimate of drug-likeness (QED) is 0.110. The van der Waals surface area contributed by atoms with Crippen molar-refractivity contribution in [3.8, 4) is 5.75 Å². The van der Waals surface area contributed by atoms with Gasteiger partial charge >= 0.3 is 0 Å². The lowest BCUT2D eigenvalue weighted by Crippen LogP contribution is -2.54. The van der Waals surface area contributed by atoms with Gasteiger partial charge in [-0.3, -0.25) is 47.5 Å². The maximum absolute atomic E-state index is 13.3. The molecule has 272 valence electrons. The average Bonchev–Trinajstić information content (AvgIpc) is 3.55. The average molecular weight is 738 g/mol. The largest absolute Gasteiger partial charge is 0.755 e. The highest BCUT2D eigenvalue weighted by molar-refractivity contribution is 7.81. The fourth-order valence-electron chi connectivity index (χ4n) is 7.07. The molecule has 1 fully saturated rings. The number of nitrogens with one attached hydrogen (secondary N) is 3. The summed E-state index contributed by atoms with van der Waals surface area (Å²) < 4.78 is 32.0. The zero-order valence-electron chi connectivity index (χ0n) is 28.6. The first-order valence-corrected chi connectivity index (χ1v) is 17.8. The molecule has 3 heterocycles. The summed E-state index contributed by atoms with van der Waals surface area (Å²) in [6, 6.07) is 17.2. The number of imide groups is 2. The fraction of sp³-hybridized carbons (Fsp3) is 0.243. The Bertz CT molecular complexity index is 2280. The summed E-state index contributed by atoms with van der Waals surface area (Å²) in [6.45, 7) is 0.380. The Morgan fingerprint density at radius 3 is 2.51 bits per heavy atom. The zero-order chi connectivity index (χ0) is 37.6. The maximum Gasteiger partial charge on any atom is 0.264 e. The number of carbonyl (C=O) groups is 6. The van der Waals surface area contributed by atoms with Crippen LogP contribution in [0.2, 0.25) is 0 Å². The minimum Gasteiger partial charge on any atom is -0.755 e. The van der Waals surface area contributed by atoms with E-state index in [0.29, 0.717) is 50.4 Å². The van der Waals surface area contributed by atoms with Crippen molar-refractivity contribution < 1.29 is 42.3 Å². The lowest BCUT2D eigenvalue weighted by molar-refractivity contribution is -0.136. The summed E-state index contributed by atoms with van der Waals surface area (Å²) in [5.41, 5.74) is 2.92. The molecule has 6 amide bonds. The summed E-state index contributed by atoms with van der Waals surface area (Å²) in [6.07, 6.45) is 0.364. The number of benzene rings is 4. The molecule has 15 nitrogen and oxygen atoms in total. The summed E-state index contributed by atoms with van der Waals surface area (Å²) >= 11 is -2.76. The molecule has 2 atom stereocenters. The molecule has 0 aliphatic carbocycles. The van der Waals surface area contributed by atoms with Gasteiger partial charge in [-0.2, -0.15) is 0 Å². The Kier molecular flexibility index (Phi) is 9.40. The summed E-state index contributed by atoms with van der Waals surface area (Å²) in [4.78, 5) is 79.1. The van der Waals surface area contributed by atoms with Crippen LogP contribution in [0.25, 0.3) is 10.8 Å². The molecular weight excluding hydrogens is 705 g/mol. The van der Waals surface area contributed by atoms with Crippen molar-refractivity contribution in [2.75, 3.05) is 41.8 Å².